The maximum Gasteiger partial charge on any atom is 0.0714 e. The summed E-state index contributed by atoms with van der Waals surface area (Å²) in [5.74, 6) is 0. The number of hydrogen-bond donors (Lipinski definition) is 1. The van der Waals surface area contributed by atoms with Crippen LogP contribution in [0.1, 0.15) is 25.7 Å². The largest absolute Gasteiger partial charge is 0.377 e. The van der Waals surface area contributed by atoms with Crippen molar-refractivity contribution >= 4 is 0 Å². The first-order valence-corrected chi connectivity index (χ1v) is 5.46. The van der Waals surface area contributed by atoms with Gasteiger partial charge in [0.15, 0.2) is 0 Å². The molecule has 0 amide bonds. The molecule has 76 valence electrons. The third kappa shape index (κ3) is 2.66. The van der Waals surface area contributed by atoms with Crippen LogP contribution in [0.3, 0.4) is 0 Å². The molecule has 2 aliphatic rings. The summed E-state index contributed by atoms with van der Waals surface area (Å²) in [7, 11) is 0. The first-order chi connectivity index (χ1) is 6.40. The van der Waals surface area contributed by atoms with E-state index in [1.54, 1.807) is 0 Å². The van der Waals surface area contributed by atoms with Crippen molar-refractivity contribution in [3.8, 4) is 0 Å². The molecule has 1 saturated heterocycles. The summed E-state index contributed by atoms with van der Waals surface area (Å²) in [4.78, 5) is 2.58. The molecule has 2 fully saturated rings. The summed E-state index contributed by atoms with van der Waals surface area (Å²) >= 11 is 0. The van der Waals surface area contributed by atoms with Crippen molar-refractivity contribution in [2.45, 2.75) is 37.8 Å². The van der Waals surface area contributed by atoms with Gasteiger partial charge < -0.3 is 10.5 Å². The van der Waals surface area contributed by atoms with Gasteiger partial charge in [0, 0.05) is 25.7 Å². The highest BCUT2D eigenvalue weighted by Crippen LogP contribution is 2.30. The van der Waals surface area contributed by atoms with Gasteiger partial charge in [-0.3, -0.25) is 4.90 Å². The molecule has 0 aromatic carbocycles. The Morgan fingerprint density at radius 3 is 2.85 bits per heavy atom. The molecule has 1 aliphatic carbocycles. The summed E-state index contributed by atoms with van der Waals surface area (Å²) < 4.78 is 5.73. The Kier molecular flexibility index (Phi) is 3.19. The molecule has 1 heterocycles. The highest BCUT2D eigenvalue weighted by atomic mass is 16.5. The molecule has 1 atom stereocenters. The van der Waals surface area contributed by atoms with Crippen molar-refractivity contribution in [2.24, 2.45) is 5.73 Å². The van der Waals surface area contributed by atoms with Gasteiger partial charge in [-0.25, -0.2) is 0 Å². The molecular formula is C10H20N2O. The first-order valence-electron chi connectivity index (χ1n) is 5.46. The molecule has 0 spiro atoms. The predicted molar refractivity (Wildman–Crippen MR) is 52.6 cm³/mol. The molecule has 0 aromatic heterocycles. The van der Waals surface area contributed by atoms with Gasteiger partial charge in [-0.2, -0.15) is 0 Å². The van der Waals surface area contributed by atoms with E-state index in [1.807, 2.05) is 0 Å². The number of hydrogen-bond acceptors (Lipinski definition) is 3. The van der Waals surface area contributed by atoms with E-state index >= 15 is 0 Å². The van der Waals surface area contributed by atoms with Crippen molar-refractivity contribution in [2.75, 3.05) is 26.2 Å². The van der Waals surface area contributed by atoms with Crippen LogP contribution in [0.15, 0.2) is 0 Å². The lowest BCUT2D eigenvalue weighted by Crippen LogP contribution is -2.25. The second kappa shape index (κ2) is 4.40. The van der Waals surface area contributed by atoms with Crippen LogP contribution in [-0.4, -0.2) is 43.3 Å². The molecule has 13 heavy (non-hydrogen) atoms. The number of nitrogens with zero attached hydrogens (tertiary/aromatic N) is 1. The van der Waals surface area contributed by atoms with Gasteiger partial charge in [0.1, 0.15) is 0 Å². The molecule has 3 heteroatoms. The quantitative estimate of drug-likeness (QED) is 0.635. The van der Waals surface area contributed by atoms with Crippen molar-refractivity contribution in [3.05, 3.63) is 0 Å². The van der Waals surface area contributed by atoms with Crippen LogP contribution in [0, 0.1) is 0 Å². The van der Waals surface area contributed by atoms with E-state index in [9.17, 15) is 0 Å². The molecule has 3 nitrogen and oxygen atoms in total. The first kappa shape index (κ1) is 9.44. The van der Waals surface area contributed by atoms with Crippen molar-refractivity contribution < 1.29 is 4.74 Å². The Morgan fingerprint density at radius 1 is 1.31 bits per heavy atom. The Hall–Kier alpha value is -0.120. The molecular weight excluding hydrogens is 164 g/mol. The Morgan fingerprint density at radius 2 is 2.15 bits per heavy atom. The zero-order valence-corrected chi connectivity index (χ0v) is 8.24. The van der Waals surface area contributed by atoms with Crippen LogP contribution in [0.2, 0.25) is 0 Å². The topological polar surface area (TPSA) is 38.5 Å². The third-order valence-electron chi connectivity index (χ3n) is 2.94. The zero-order valence-electron chi connectivity index (χ0n) is 8.24. The average molecular weight is 184 g/mol. The summed E-state index contributed by atoms with van der Waals surface area (Å²) in [5.41, 5.74) is 5.41. The second-order valence-corrected chi connectivity index (χ2v) is 4.15. The standard InChI is InChI=1S/C10H20N2O/c11-5-1-7-13-10-4-6-12(8-10)9-2-3-9/h9-10H,1-8,11H2. The van der Waals surface area contributed by atoms with Crippen LogP contribution in [0.5, 0.6) is 0 Å². The van der Waals surface area contributed by atoms with Gasteiger partial charge in [-0.1, -0.05) is 0 Å². The Bertz CT molecular complexity index is 159. The minimum absolute atomic E-state index is 0.493. The van der Waals surface area contributed by atoms with Crippen LogP contribution in [0.4, 0.5) is 0 Å². The number of likely N-dealkylation sites (tertiary alicyclic amines) is 1. The van der Waals surface area contributed by atoms with E-state index in [2.05, 4.69) is 4.90 Å². The molecule has 0 aromatic rings. The summed E-state index contributed by atoms with van der Waals surface area (Å²) in [6.07, 6.45) is 5.54. The fourth-order valence-electron chi connectivity index (χ4n) is 1.99. The van der Waals surface area contributed by atoms with Gasteiger partial charge in [0.2, 0.25) is 0 Å². The van der Waals surface area contributed by atoms with Gasteiger partial charge >= 0.3 is 0 Å². The van der Waals surface area contributed by atoms with E-state index < -0.39 is 0 Å². The van der Waals surface area contributed by atoms with Crippen LogP contribution < -0.4 is 5.73 Å². The average Bonchev–Trinajstić information content (AvgIpc) is 2.88. The molecule has 1 unspecified atom stereocenters. The molecule has 0 bridgehead atoms. The number of ether oxygens (including phenoxy) is 1. The molecule has 1 saturated carbocycles. The zero-order chi connectivity index (χ0) is 9.10. The fraction of sp³-hybridized carbons (Fsp3) is 1.00. The highest BCUT2D eigenvalue weighted by molar-refractivity contribution is 4.89. The minimum atomic E-state index is 0.493. The van der Waals surface area contributed by atoms with Gasteiger partial charge in [-0.15, -0.1) is 0 Å². The smallest absolute Gasteiger partial charge is 0.0714 e. The lowest BCUT2D eigenvalue weighted by Gasteiger charge is -2.14. The maximum absolute atomic E-state index is 5.73. The van der Waals surface area contributed by atoms with Gasteiger partial charge in [0.25, 0.3) is 0 Å². The fourth-order valence-corrected chi connectivity index (χ4v) is 1.99. The lowest BCUT2D eigenvalue weighted by atomic mass is 10.3. The monoisotopic (exact) mass is 184 g/mol. The normalized spacial score (nSPS) is 29.8. The van der Waals surface area contributed by atoms with Gasteiger partial charge in [0.05, 0.1) is 6.10 Å². The van der Waals surface area contributed by atoms with Crippen LogP contribution in [0.25, 0.3) is 0 Å². The van der Waals surface area contributed by atoms with Gasteiger partial charge in [-0.05, 0) is 32.2 Å². The Balaban J connectivity index is 1.60. The van der Waals surface area contributed by atoms with E-state index in [1.165, 1.54) is 25.8 Å². The van der Waals surface area contributed by atoms with Crippen molar-refractivity contribution in [1.29, 1.82) is 0 Å². The molecule has 1 aliphatic heterocycles. The van der Waals surface area contributed by atoms with E-state index in [-0.39, 0.29) is 0 Å². The number of nitrogens with two attached hydrogens (primary N) is 1. The Labute approximate surface area is 80.2 Å². The SMILES string of the molecule is NCCCOC1CCN(C2CC2)C1. The summed E-state index contributed by atoms with van der Waals surface area (Å²) in [5, 5.41) is 0. The van der Waals surface area contributed by atoms with Crippen molar-refractivity contribution in [3.63, 3.8) is 0 Å². The van der Waals surface area contributed by atoms with E-state index in [0.29, 0.717) is 6.10 Å². The van der Waals surface area contributed by atoms with Crippen LogP contribution in [-0.2, 0) is 4.74 Å². The predicted octanol–water partition coefficient (Wildman–Crippen LogP) is 0.588. The summed E-state index contributed by atoms with van der Waals surface area (Å²) in [6, 6.07) is 0.906. The maximum atomic E-state index is 5.73. The second-order valence-electron chi connectivity index (χ2n) is 4.15. The third-order valence-corrected chi connectivity index (χ3v) is 2.94. The molecule has 2 rings (SSSR count). The number of rotatable bonds is 5. The lowest BCUT2D eigenvalue weighted by molar-refractivity contribution is 0.0579. The van der Waals surface area contributed by atoms with Crippen LogP contribution >= 0.6 is 0 Å². The summed E-state index contributed by atoms with van der Waals surface area (Å²) in [6.45, 7) is 4.01. The van der Waals surface area contributed by atoms with E-state index in [4.69, 9.17) is 10.5 Å². The van der Waals surface area contributed by atoms with E-state index in [0.717, 1.165) is 32.2 Å². The van der Waals surface area contributed by atoms with Crippen molar-refractivity contribution in [1.82, 2.24) is 4.90 Å². The highest BCUT2D eigenvalue weighted by Gasteiger charge is 2.34. The molecule has 2 N–H and O–H groups in total. The minimum Gasteiger partial charge on any atom is -0.377 e. The molecule has 0 radical (unpaired) electrons.